The Balaban J connectivity index is 1.69. The van der Waals surface area contributed by atoms with Crippen LogP contribution in [0.3, 0.4) is 0 Å². The van der Waals surface area contributed by atoms with Crippen LogP contribution in [0.4, 0.5) is 0 Å². The Morgan fingerprint density at radius 3 is 2.67 bits per heavy atom. The minimum absolute atomic E-state index is 0.0172. The maximum absolute atomic E-state index is 13.0. The Bertz CT molecular complexity index is 747. The van der Waals surface area contributed by atoms with Gasteiger partial charge in [-0.3, -0.25) is 4.79 Å². The van der Waals surface area contributed by atoms with Crippen molar-refractivity contribution in [1.82, 2.24) is 25.2 Å². The SMILES string of the molecule is Cc1ccc(-n2nnc(C(=O)N3CCN[C@H](C)C3)c2C2CC2)cc1. The van der Waals surface area contributed by atoms with Crippen molar-refractivity contribution in [2.45, 2.75) is 38.6 Å². The van der Waals surface area contributed by atoms with Crippen molar-refractivity contribution in [2.75, 3.05) is 19.6 Å². The van der Waals surface area contributed by atoms with Crippen LogP contribution in [0.5, 0.6) is 0 Å². The molecule has 1 atom stereocenters. The molecule has 2 heterocycles. The molecule has 1 N–H and O–H groups in total. The first-order chi connectivity index (χ1) is 11.6. The van der Waals surface area contributed by atoms with Crippen molar-refractivity contribution in [3.8, 4) is 5.69 Å². The van der Waals surface area contributed by atoms with Crippen LogP contribution in [0.15, 0.2) is 24.3 Å². The number of hydrogen-bond donors (Lipinski definition) is 1. The molecule has 0 bridgehead atoms. The predicted molar refractivity (Wildman–Crippen MR) is 91.4 cm³/mol. The molecule has 1 amide bonds. The van der Waals surface area contributed by atoms with Crippen molar-refractivity contribution in [1.29, 1.82) is 0 Å². The monoisotopic (exact) mass is 325 g/mol. The highest BCUT2D eigenvalue weighted by Crippen LogP contribution is 2.42. The highest BCUT2D eigenvalue weighted by Gasteiger charge is 2.36. The van der Waals surface area contributed by atoms with Crippen LogP contribution >= 0.6 is 0 Å². The molecular formula is C18H23N5O. The van der Waals surface area contributed by atoms with Crippen molar-refractivity contribution < 1.29 is 4.79 Å². The van der Waals surface area contributed by atoms with Gasteiger partial charge in [0.25, 0.3) is 5.91 Å². The number of amides is 1. The molecule has 2 aliphatic rings. The molecule has 1 aliphatic heterocycles. The van der Waals surface area contributed by atoms with E-state index in [-0.39, 0.29) is 5.91 Å². The average Bonchev–Trinajstić information content (AvgIpc) is 3.33. The van der Waals surface area contributed by atoms with Crippen molar-refractivity contribution in [2.24, 2.45) is 0 Å². The lowest BCUT2D eigenvalue weighted by Gasteiger charge is -2.31. The third-order valence-electron chi connectivity index (χ3n) is 4.81. The number of rotatable bonds is 3. The van der Waals surface area contributed by atoms with Crippen LogP contribution in [-0.4, -0.2) is 51.5 Å². The Morgan fingerprint density at radius 2 is 2.00 bits per heavy atom. The molecule has 1 aromatic carbocycles. The van der Waals surface area contributed by atoms with Crippen LogP contribution in [0.2, 0.25) is 0 Å². The van der Waals surface area contributed by atoms with Gasteiger partial charge in [0.1, 0.15) is 0 Å². The van der Waals surface area contributed by atoms with E-state index in [9.17, 15) is 4.79 Å². The zero-order valence-corrected chi connectivity index (χ0v) is 14.2. The maximum atomic E-state index is 13.0. The van der Waals surface area contributed by atoms with Gasteiger partial charge in [-0.1, -0.05) is 22.9 Å². The molecule has 0 unspecified atom stereocenters. The zero-order valence-electron chi connectivity index (χ0n) is 14.2. The van der Waals surface area contributed by atoms with Gasteiger partial charge in [0.15, 0.2) is 5.69 Å². The molecule has 1 aromatic heterocycles. The number of carbonyl (C=O) groups excluding carboxylic acids is 1. The number of nitrogens with one attached hydrogen (secondary N) is 1. The molecule has 1 saturated heterocycles. The Labute approximate surface area is 141 Å². The molecular weight excluding hydrogens is 302 g/mol. The standard InChI is InChI=1S/C18H23N5O/c1-12-3-7-15(8-4-12)23-17(14-5-6-14)16(20-21-23)18(24)22-10-9-19-13(2)11-22/h3-4,7-8,13-14,19H,5-6,9-11H2,1-2H3/t13-/m1/s1. The number of aryl methyl sites for hydroxylation is 1. The summed E-state index contributed by atoms with van der Waals surface area (Å²) in [6.07, 6.45) is 2.22. The number of hydrogen-bond acceptors (Lipinski definition) is 4. The lowest BCUT2D eigenvalue weighted by Crippen LogP contribution is -2.51. The second-order valence-electron chi connectivity index (χ2n) is 6.95. The van der Waals surface area contributed by atoms with Crippen LogP contribution in [-0.2, 0) is 0 Å². The highest BCUT2D eigenvalue weighted by atomic mass is 16.2. The summed E-state index contributed by atoms with van der Waals surface area (Å²) >= 11 is 0. The molecule has 0 spiro atoms. The van der Waals surface area contributed by atoms with E-state index in [1.54, 1.807) is 0 Å². The minimum Gasteiger partial charge on any atom is -0.334 e. The summed E-state index contributed by atoms with van der Waals surface area (Å²) in [7, 11) is 0. The summed E-state index contributed by atoms with van der Waals surface area (Å²) in [4.78, 5) is 14.9. The van der Waals surface area contributed by atoms with Crippen molar-refractivity contribution in [3.05, 3.63) is 41.2 Å². The average molecular weight is 325 g/mol. The van der Waals surface area contributed by atoms with Gasteiger partial charge in [-0.15, -0.1) is 5.10 Å². The topological polar surface area (TPSA) is 63.1 Å². The van der Waals surface area contributed by atoms with Crippen molar-refractivity contribution >= 4 is 5.91 Å². The summed E-state index contributed by atoms with van der Waals surface area (Å²) in [6, 6.07) is 8.52. The van der Waals surface area contributed by atoms with E-state index in [1.807, 2.05) is 21.7 Å². The highest BCUT2D eigenvalue weighted by molar-refractivity contribution is 5.93. The van der Waals surface area contributed by atoms with Gasteiger partial charge >= 0.3 is 0 Å². The largest absolute Gasteiger partial charge is 0.334 e. The fraction of sp³-hybridized carbons (Fsp3) is 0.500. The normalized spacial score (nSPS) is 21.1. The number of aromatic nitrogens is 3. The minimum atomic E-state index is 0.0172. The molecule has 6 nitrogen and oxygen atoms in total. The van der Waals surface area contributed by atoms with Gasteiger partial charge < -0.3 is 10.2 Å². The zero-order chi connectivity index (χ0) is 16.7. The third kappa shape index (κ3) is 2.82. The van der Waals surface area contributed by atoms with Gasteiger partial charge in [0.2, 0.25) is 0 Å². The summed E-state index contributed by atoms with van der Waals surface area (Å²) in [5.74, 6) is 0.421. The molecule has 126 valence electrons. The maximum Gasteiger partial charge on any atom is 0.276 e. The van der Waals surface area contributed by atoms with E-state index < -0.39 is 0 Å². The molecule has 24 heavy (non-hydrogen) atoms. The molecule has 1 aliphatic carbocycles. The van der Waals surface area contributed by atoms with Gasteiger partial charge in [-0.25, -0.2) is 4.68 Å². The molecule has 2 fully saturated rings. The molecule has 1 saturated carbocycles. The summed E-state index contributed by atoms with van der Waals surface area (Å²) in [5.41, 5.74) is 3.70. The van der Waals surface area contributed by atoms with Crippen molar-refractivity contribution in [3.63, 3.8) is 0 Å². The van der Waals surface area contributed by atoms with Gasteiger partial charge in [0.05, 0.1) is 11.4 Å². The fourth-order valence-corrected chi connectivity index (χ4v) is 3.31. The predicted octanol–water partition coefficient (Wildman–Crippen LogP) is 1.89. The smallest absolute Gasteiger partial charge is 0.276 e. The molecule has 2 aromatic rings. The molecule has 4 rings (SSSR count). The van der Waals surface area contributed by atoms with Crippen LogP contribution in [0.25, 0.3) is 5.69 Å². The van der Waals surface area contributed by atoms with E-state index in [4.69, 9.17) is 0 Å². The summed E-state index contributed by atoms with van der Waals surface area (Å²) < 4.78 is 1.86. The summed E-state index contributed by atoms with van der Waals surface area (Å²) in [5, 5.41) is 12.0. The lowest BCUT2D eigenvalue weighted by molar-refractivity contribution is 0.0702. The van der Waals surface area contributed by atoms with Crippen LogP contribution in [0, 0.1) is 6.92 Å². The van der Waals surface area contributed by atoms with E-state index >= 15 is 0 Å². The second kappa shape index (κ2) is 6.02. The Morgan fingerprint density at radius 1 is 1.25 bits per heavy atom. The number of piperazine rings is 1. The molecule has 6 heteroatoms. The Kier molecular flexibility index (Phi) is 3.84. The Hall–Kier alpha value is -2.21. The van der Waals surface area contributed by atoms with Crippen LogP contribution in [0.1, 0.15) is 47.4 Å². The lowest BCUT2D eigenvalue weighted by atomic mass is 10.1. The van der Waals surface area contributed by atoms with Gasteiger partial charge in [-0.2, -0.15) is 0 Å². The van der Waals surface area contributed by atoms with E-state index in [1.165, 1.54) is 5.56 Å². The first-order valence-corrected chi connectivity index (χ1v) is 8.69. The first-order valence-electron chi connectivity index (χ1n) is 8.69. The summed E-state index contributed by atoms with van der Waals surface area (Å²) in [6.45, 7) is 6.45. The van der Waals surface area contributed by atoms with E-state index in [2.05, 4.69) is 41.6 Å². The molecule has 0 radical (unpaired) electrons. The quantitative estimate of drug-likeness (QED) is 0.936. The fourth-order valence-electron chi connectivity index (χ4n) is 3.31. The van der Waals surface area contributed by atoms with Crippen LogP contribution < -0.4 is 5.32 Å². The van der Waals surface area contributed by atoms with Gasteiger partial charge in [-0.05, 0) is 38.8 Å². The van der Waals surface area contributed by atoms with E-state index in [0.29, 0.717) is 17.7 Å². The van der Waals surface area contributed by atoms with Gasteiger partial charge in [0, 0.05) is 31.6 Å². The number of carbonyl (C=O) groups is 1. The third-order valence-corrected chi connectivity index (χ3v) is 4.81. The number of nitrogens with zero attached hydrogens (tertiary/aromatic N) is 4. The van der Waals surface area contributed by atoms with E-state index in [0.717, 1.165) is 43.9 Å². The first kappa shape index (κ1) is 15.3. The number of benzene rings is 1. The second-order valence-corrected chi connectivity index (χ2v) is 6.95.